The lowest BCUT2D eigenvalue weighted by molar-refractivity contribution is 0.658. The van der Waals surface area contributed by atoms with Crippen molar-refractivity contribution in [1.29, 1.82) is 0 Å². The molecule has 0 saturated carbocycles. The third-order valence-electron chi connectivity index (χ3n) is 23.5. The Bertz CT molecular complexity index is 4700. The van der Waals surface area contributed by atoms with Crippen LogP contribution < -0.4 is 9.80 Å². The average Bonchev–Trinajstić information content (AvgIpc) is 1.58. The molecule has 92 heavy (non-hydrogen) atoms. The molecule has 0 fully saturated rings. The zero-order valence-corrected chi connectivity index (χ0v) is 55.0. The number of hydrogen-bond donors (Lipinski definition) is 0. The number of anilines is 6. The molecule has 0 atom stereocenters. The normalized spacial score (nSPS) is 16.8. The van der Waals surface area contributed by atoms with Gasteiger partial charge in [-0.25, -0.2) is 0 Å². The highest BCUT2D eigenvalue weighted by molar-refractivity contribution is 5.94. The van der Waals surface area contributed by atoms with E-state index >= 15 is 0 Å². The van der Waals surface area contributed by atoms with Gasteiger partial charge in [0.1, 0.15) is 0 Å². The van der Waals surface area contributed by atoms with Crippen LogP contribution in [0, 0.1) is 0 Å². The molecule has 0 radical (unpaired) electrons. The average molecular weight is 1190 g/mol. The van der Waals surface area contributed by atoms with E-state index in [2.05, 4.69) is 336 Å². The number of nitrogens with zero attached hydrogens (tertiary/aromatic N) is 2. The van der Waals surface area contributed by atoms with Gasteiger partial charge in [-0.05, 0) is 230 Å². The molecule has 18 rings (SSSR count). The lowest BCUT2D eigenvalue weighted by Gasteiger charge is -2.31. The van der Waals surface area contributed by atoms with Crippen molar-refractivity contribution in [2.45, 2.75) is 116 Å². The lowest BCUT2D eigenvalue weighted by atomic mass is 9.80. The molecule has 0 unspecified atom stereocenters. The maximum absolute atomic E-state index is 2.54. The lowest BCUT2D eigenvalue weighted by Crippen LogP contribution is -2.19. The Kier molecular flexibility index (Phi) is 11.1. The van der Waals surface area contributed by atoms with Crippen LogP contribution in [0.25, 0.3) is 77.9 Å². The van der Waals surface area contributed by atoms with E-state index in [4.69, 9.17) is 0 Å². The van der Waals surface area contributed by atoms with Gasteiger partial charge < -0.3 is 9.80 Å². The van der Waals surface area contributed by atoms with Crippen molar-refractivity contribution >= 4 is 34.1 Å². The summed E-state index contributed by atoms with van der Waals surface area (Å²) in [6.07, 6.45) is 0. The van der Waals surface area contributed by atoms with Gasteiger partial charge in [0.15, 0.2) is 0 Å². The van der Waals surface area contributed by atoms with Gasteiger partial charge in [0, 0.05) is 66.6 Å². The Balaban J connectivity index is 0.704. The molecule has 12 aromatic rings. The fourth-order valence-corrected chi connectivity index (χ4v) is 18.3. The molecular weight excluding hydrogens is 1110 g/mol. The fourth-order valence-electron chi connectivity index (χ4n) is 18.3. The molecule has 6 aliphatic rings. The minimum absolute atomic E-state index is 0.135. The first-order valence-electron chi connectivity index (χ1n) is 33.3. The maximum Gasteiger partial charge on any atom is 0.0465 e. The highest BCUT2D eigenvalue weighted by Gasteiger charge is 2.43. The van der Waals surface area contributed by atoms with Crippen molar-refractivity contribution in [3.05, 3.63) is 309 Å². The second-order valence-electron chi connectivity index (χ2n) is 30.5. The molecule has 0 N–H and O–H groups in total. The Labute approximate surface area is 543 Å². The van der Waals surface area contributed by atoms with E-state index < -0.39 is 0 Å². The smallest absolute Gasteiger partial charge is 0.0465 e. The van der Waals surface area contributed by atoms with E-state index in [9.17, 15) is 0 Å². The van der Waals surface area contributed by atoms with Crippen LogP contribution in [-0.2, 0) is 32.5 Å². The van der Waals surface area contributed by atoms with Crippen LogP contribution in [0.5, 0.6) is 0 Å². The van der Waals surface area contributed by atoms with Gasteiger partial charge in [0.25, 0.3) is 0 Å². The summed E-state index contributed by atoms with van der Waals surface area (Å²) >= 11 is 0. The molecule has 0 spiro atoms. The molecule has 0 heterocycles. The quantitative estimate of drug-likeness (QED) is 0.157. The van der Waals surface area contributed by atoms with E-state index in [0.29, 0.717) is 0 Å². The number of fused-ring (bicyclic) bond motifs is 18. The Morgan fingerprint density at radius 2 is 0.326 bits per heavy atom. The largest absolute Gasteiger partial charge is 0.310 e. The topological polar surface area (TPSA) is 6.48 Å². The van der Waals surface area contributed by atoms with Crippen LogP contribution in [0.15, 0.2) is 243 Å². The van der Waals surface area contributed by atoms with Crippen LogP contribution in [-0.4, -0.2) is 0 Å². The van der Waals surface area contributed by atoms with Crippen molar-refractivity contribution in [3.63, 3.8) is 0 Å². The van der Waals surface area contributed by atoms with E-state index in [0.717, 1.165) is 0 Å². The summed E-state index contributed by atoms with van der Waals surface area (Å²) in [4.78, 5) is 5.07. The summed E-state index contributed by atoms with van der Waals surface area (Å²) in [7, 11) is 0. The van der Waals surface area contributed by atoms with Gasteiger partial charge >= 0.3 is 0 Å². The van der Waals surface area contributed by atoms with Gasteiger partial charge in [-0.3, -0.25) is 0 Å². The van der Waals surface area contributed by atoms with E-state index in [1.807, 2.05) is 0 Å². The highest BCUT2D eigenvalue weighted by atomic mass is 15.1. The Hall–Kier alpha value is -9.76. The Morgan fingerprint density at radius 3 is 0.543 bits per heavy atom. The minimum Gasteiger partial charge on any atom is -0.310 e. The van der Waals surface area contributed by atoms with Crippen LogP contribution in [0.3, 0.4) is 0 Å². The monoisotopic (exact) mass is 1180 g/mol. The van der Waals surface area contributed by atoms with Crippen molar-refractivity contribution in [2.75, 3.05) is 9.80 Å². The van der Waals surface area contributed by atoms with Gasteiger partial charge in [-0.2, -0.15) is 0 Å². The highest BCUT2D eigenvalue weighted by Crippen LogP contribution is 2.59. The molecule has 0 bridgehead atoms. The molecule has 0 amide bonds. The third kappa shape index (κ3) is 7.33. The van der Waals surface area contributed by atoms with E-state index in [-0.39, 0.29) is 32.5 Å². The van der Waals surface area contributed by atoms with Crippen molar-refractivity contribution < 1.29 is 0 Å². The first kappa shape index (κ1) is 55.1. The predicted molar refractivity (Wildman–Crippen MR) is 387 cm³/mol. The predicted octanol–water partition coefficient (Wildman–Crippen LogP) is 24.1. The summed E-state index contributed by atoms with van der Waals surface area (Å²) in [5.41, 5.74) is 40.9. The number of hydrogen-bond acceptors (Lipinski definition) is 2. The molecule has 2 heteroatoms. The van der Waals surface area contributed by atoms with Gasteiger partial charge in [-0.15, -0.1) is 0 Å². The van der Waals surface area contributed by atoms with Crippen LogP contribution in [0.4, 0.5) is 34.1 Å². The molecule has 0 aromatic heterocycles. The fraction of sp³-hybridized carbons (Fsp3) is 0.200. The number of benzene rings is 12. The summed E-state index contributed by atoms with van der Waals surface area (Å²) in [6.45, 7) is 28.9. The summed E-state index contributed by atoms with van der Waals surface area (Å²) in [5.74, 6) is 0. The third-order valence-corrected chi connectivity index (χ3v) is 23.5. The minimum atomic E-state index is -0.267. The standard InChI is InChI=1S/C90H76N2/c1-85(2)73-25-17-13-21-61(73)67-39-31-55(47-79(67)85)91(56-32-40-68-62-22-14-18-26-74(62)86(3,4)80(68)48-56)59-35-43-71-65-37-29-53(45-77(65)89(9,10)83(71)51-59)54-30-38-66-72-44-36-60(52-84(72)90(11,12)78(66)46-54)92(57-33-41-69-63-23-15-19-27-75(63)87(5,6)81(69)49-57)58-34-42-70-64-24-16-20-28-76(64)88(7,8)82(70)50-58/h13-52H,1-12H3. The molecule has 0 saturated heterocycles. The summed E-state index contributed by atoms with van der Waals surface area (Å²) < 4.78 is 0. The second kappa shape index (κ2) is 18.5. The first-order valence-corrected chi connectivity index (χ1v) is 33.3. The molecule has 0 aliphatic heterocycles. The molecule has 6 aliphatic carbocycles. The molecule has 446 valence electrons. The molecule has 2 nitrogen and oxygen atoms in total. The van der Waals surface area contributed by atoms with Crippen LogP contribution >= 0.6 is 0 Å². The van der Waals surface area contributed by atoms with E-state index in [1.54, 1.807) is 0 Å². The molecular formula is C90H76N2. The van der Waals surface area contributed by atoms with Crippen LogP contribution in [0.2, 0.25) is 0 Å². The van der Waals surface area contributed by atoms with Gasteiger partial charge in [0.2, 0.25) is 0 Å². The SMILES string of the molecule is CC1(C)c2ccccc2-c2ccc(N(c3ccc4c(c3)C(C)(C)c3ccccc3-4)c3ccc4c(c3)C(C)(C)c3cc(-c5ccc6c(c5)C(C)(C)c5cc(N(c7ccc8c(c7)C(C)(C)c7ccccc7-8)c7ccc8c(c7)C(C)(C)c7ccccc7-8)ccc5-6)ccc3-4)cc21. The maximum atomic E-state index is 2.54. The van der Waals surface area contributed by atoms with Crippen LogP contribution in [0.1, 0.15) is 150 Å². The number of rotatable bonds is 7. The zero-order valence-electron chi connectivity index (χ0n) is 55.0. The second-order valence-corrected chi connectivity index (χ2v) is 30.5. The zero-order chi connectivity index (χ0) is 62.9. The molecule has 12 aromatic carbocycles. The van der Waals surface area contributed by atoms with Gasteiger partial charge in [-0.1, -0.05) is 241 Å². The first-order chi connectivity index (χ1) is 44.1. The summed E-state index contributed by atoms with van der Waals surface area (Å²) in [6, 6.07) is 94.0. The van der Waals surface area contributed by atoms with Crippen molar-refractivity contribution in [1.82, 2.24) is 0 Å². The van der Waals surface area contributed by atoms with E-state index in [1.165, 1.54) is 179 Å². The van der Waals surface area contributed by atoms with Crippen molar-refractivity contribution in [2.24, 2.45) is 0 Å². The van der Waals surface area contributed by atoms with Crippen molar-refractivity contribution in [3.8, 4) is 77.9 Å². The Morgan fingerprint density at radius 1 is 0.163 bits per heavy atom. The summed E-state index contributed by atoms with van der Waals surface area (Å²) in [5, 5.41) is 0. The van der Waals surface area contributed by atoms with Gasteiger partial charge in [0.05, 0.1) is 0 Å².